The summed E-state index contributed by atoms with van der Waals surface area (Å²) in [5.41, 5.74) is 3.38. The van der Waals surface area contributed by atoms with Gasteiger partial charge in [-0.3, -0.25) is 4.79 Å². The van der Waals surface area contributed by atoms with Crippen LogP contribution in [0.3, 0.4) is 0 Å². The molecular formula is C28H28Cl2F3NO2. The van der Waals surface area contributed by atoms with Gasteiger partial charge >= 0.3 is 6.18 Å². The lowest BCUT2D eigenvalue weighted by Crippen LogP contribution is -2.36. The van der Waals surface area contributed by atoms with Crippen LogP contribution in [0.4, 0.5) is 13.2 Å². The smallest absolute Gasteiger partial charge is 0.453 e. The maximum absolute atomic E-state index is 12.5. The number of Topliss-reactive ketones (excluding diaryl/α,β-unsaturated/α-hetero) is 1. The standard InChI is InChI=1S/C28H28Cl2F3NO2/c1-19(27(35)28(31,32)33)36-25-15-5-20(6-16-25)4-3-17-34(2)18-26(21-7-11-23(29)12-8-21)22-9-13-24(30)14-10-22/h5-16,19,26H,3-4,17-18H2,1-2H3/t19-/m0/s1. The van der Waals surface area contributed by atoms with E-state index >= 15 is 0 Å². The third-order valence-electron chi connectivity index (χ3n) is 5.93. The third-order valence-corrected chi connectivity index (χ3v) is 6.43. The van der Waals surface area contributed by atoms with Gasteiger partial charge < -0.3 is 9.64 Å². The summed E-state index contributed by atoms with van der Waals surface area (Å²) in [7, 11) is 2.08. The van der Waals surface area contributed by atoms with Crippen LogP contribution < -0.4 is 4.74 Å². The van der Waals surface area contributed by atoms with E-state index in [0.717, 1.165) is 38.4 Å². The van der Waals surface area contributed by atoms with Crippen LogP contribution in [-0.4, -0.2) is 43.1 Å². The Kier molecular flexibility index (Phi) is 9.83. The Hall–Kier alpha value is -2.54. The number of alkyl halides is 3. The molecule has 0 fully saturated rings. The molecule has 3 nitrogen and oxygen atoms in total. The topological polar surface area (TPSA) is 29.5 Å². The zero-order chi connectivity index (χ0) is 26.3. The van der Waals surface area contributed by atoms with Gasteiger partial charge in [-0.2, -0.15) is 13.2 Å². The minimum Gasteiger partial charge on any atom is -0.483 e. The summed E-state index contributed by atoms with van der Waals surface area (Å²) in [6, 6.07) is 22.6. The Morgan fingerprint density at radius 2 is 1.39 bits per heavy atom. The molecule has 3 rings (SSSR count). The zero-order valence-corrected chi connectivity index (χ0v) is 21.6. The highest BCUT2D eigenvalue weighted by Gasteiger charge is 2.42. The molecule has 0 bridgehead atoms. The second-order valence-corrected chi connectivity index (χ2v) is 9.66. The molecule has 0 saturated heterocycles. The van der Waals surface area contributed by atoms with Gasteiger partial charge in [-0.1, -0.05) is 59.6 Å². The van der Waals surface area contributed by atoms with Crippen LogP contribution in [0.25, 0.3) is 0 Å². The molecule has 0 aliphatic heterocycles. The lowest BCUT2D eigenvalue weighted by atomic mass is 9.91. The van der Waals surface area contributed by atoms with Crippen LogP contribution in [0.1, 0.15) is 36.0 Å². The monoisotopic (exact) mass is 537 g/mol. The van der Waals surface area contributed by atoms with Crippen molar-refractivity contribution in [2.24, 2.45) is 0 Å². The summed E-state index contributed by atoms with van der Waals surface area (Å²) in [6.07, 6.45) is -4.80. The molecule has 0 N–H and O–H groups in total. The number of hydrogen-bond donors (Lipinski definition) is 0. The van der Waals surface area contributed by atoms with E-state index in [2.05, 4.69) is 11.9 Å². The molecule has 0 spiro atoms. The molecule has 0 heterocycles. The summed E-state index contributed by atoms with van der Waals surface area (Å²) in [5, 5.41) is 1.39. The normalized spacial score (nSPS) is 12.7. The van der Waals surface area contributed by atoms with Crippen LogP contribution in [0, 0.1) is 0 Å². The predicted octanol–water partition coefficient (Wildman–Crippen LogP) is 7.59. The van der Waals surface area contributed by atoms with Crippen molar-refractivity contribution in [3.63, 3.8) is 0 Å². The first-order valence-corrected chi connectivity index (χ1v) is 12.3. The van der Waals surface area contributed by atoms with E-state index in [1.54, 1.807) is 12.1 Å². The summed E-state index contributed by atoms with van der Waals surface area (Å²) < 4.78 is 42.7. The van der Waals surface area contributed by atoms with Crippen LogP contribution in [0.5, 0.6) is 5.75 Å². The van der Waals surface area contributed by atoms with Gasteiger partial charge in [-0.05, 0) is 86.4 Å². The van der Waals surface area contributed by atoms with Gasteiger partial charge in [-0.25, -0.2) is 0 Å². The number of nitrogens with zero attached hydrogens (tertiary/aromatic N) is 1. The molecule has 0 saturated carbocycles. The highest BCUT2D eigenvalue weighted by atomic mass is 35.5. The molecule has 8 heteroatoms. The SMILES string of the molecule is C[C@H](Oc1ccc(CCCN(C)CC(c2ccc(Cl)cc2)c2ccc(Cl)cc2)cc1)C(=O)C(F)(F)F. The molecule has 0 aliphatic rings. The van der Waals surface area contributed by atoms with Crippen molar-refractivity contribution in [1.29, 1.82) is 0 Å². The fourth-order valence-electron chi connectivity index (χ4n) is 3.97. The van der Waals surface area contributed by atoms with Crippen LogP contribution >= 0.6 is 23.2 Å². The molecule has 0 unspecified atom stereocenters. The number of benzene rings is 3. The van der Waals surface area contributed by atoms with Crippen LogP contribution in [-0.2, 0) is 11.2 Å². The van der Waals surface area contributed by atoms with E-state index in [1.807, 2.05) is 60.7 Å². The summed E-state index contributed by atoms with van der Waals surface area (Å²) in [4.78, 5) is 13.5. The van der Waals surface area contributed by atoms with E-state index < -0.39 is 18.1 Å². The van der Waals surface area contributed by atoms with Crippen molar-refractivity contribution >= 4 is 29.0 Å². The highest BCUT2D eigenvalue weighted by Crippen LogP contribution is 2.28. The van der Waals surface area contributed by atoms with E-state index in [9.17, 15) is 18.0 Å². The second-order valence-electron chi connectivity index (χ2n) is 8.79. The number of likely N-dealkylation sites (N-methyl/N-ethyl adjacent to an activating group) is 1. The zero-order valence-electron chi connectivity index (χ0n) is 20.1. The van der Waals surface area contributed by atoms with Gasteiger partial charge in [-0.15, -0.1) is 0 Å². The average molecular weight is 538 g/mol. The van der Waals surface area contributed by atoms with Crippen molar-refractivity contribution in [3.8, 4) is 5.75 Å². The Morgan fingerprint density at radius 3 is 1.86 bits per heavy atom. The van der Waals surface area contributed by atoms with Crippen molar-refractivity contribution in [3.05, 3.63) is 99.5 Å². The molecule has 1 atom stereocenters. The minimum absolute atomic E-state index is 0.155. The quantitative estimate of drug-likeness (QED) is 0.252. The Labute approximate surface area is 219 Å². The molecule has 0 aromatic heterocycles. The molecule has 192 valence electrons. The number of carbonyl (C=O) groups excluding carboxylic acids is 1. The number of aryl methyl sites for hydroxylation is 1. The van der Waals surface area contributed by atoms with Gasteiger partial charge in [0.2, 0.25) is 0 Å². The molecule has 0 amide bonds. The van der Waals surface area contributed by atoms with Crippen molar-refractivity contribution in [1.82, 2.24) is 4.90 Å². The van der Waals surface area contributed by atoms with E-state index in [0.29, 0.717) is 10.0 Å². The first-order chi connectivity index (χ1) is 17.0. The number of ketones is 1. The van der Waals surface area contributed by atoms with Gasteiger partial charge in [0.15, 0.2) is 6.10 Å². The Balaban J connectivity index is 1.54. The van der Waals surface area contributed by atoms with Crippen molar-refractivity contribution < 1.29 is 22.7 Å². The number of ether oxygens (including phenoxy) is 1. The van der Waals surface area contributed by atoms with Crippen molar-refractivity contribution in [2.75, 3.05) is 20.1 Å². The van der Waals surface area contributed by atoms with E-state index in [-0.39, 0.29) is 11.7 Å². The molecule has 0 aliphatic carbocycles. The first kappa shape index (κ1) is 28.0. The van der Waals surface area contributed by atoms with E-state index in [4.69, 9.17) is 27.9 Å². The van der Waals surface area contributed by atoms with Gasteiger partial charge in [0.1, 0.15) is 5.75 Å². The molecule has 0 radical (unpaired) electrons. The summed E-state index contributed by atoms with van der Waals surface area (Å²) >= 11 is 12.2. The largest absolute Gasteiger partial charge is 0.483 e. The Morgan fingerprint density at radius 1 is 0.889 bits per heavy atom. The number of halogens is 5. The molecule has 3 aromatic rings. The average Bonchev–Trinajstić information content (AvgIpc) is 2.84. The lowest BCUT2D eigenvalue weighted by molar-refractivity contribution is -0.177. The second kappa shape index (κ2) is 12.6. The number of rotatable bonds is 11. The highest BCUT2D eigenvalue weighted by molar-refractivity contribution is 6.30. The summed E-state index contributed by atoms with van der Waals surface area (Å²) in [6.45, 7) is 2.76. The lowest BCUT2D eigenvalue weighted by Gasteiger charge is -2.25. The predicted molar refractivity (Wildman–Crippen MR) is 138 cm³/mol. The fourth-order valence-corrected chi connectivity index (χ4v) is 4.22. The van der Waals surface area contributed by atoms with Gasteiger partial charge in [0.25, 0.3) is 5.78 Å². The molecular weight excluding hydrogens is 510 g/mol. The van der Waals surface area contributed by atoms with E-state index in [1.165, 1.54) is 11.1 Å². The van der Waals surface area contributed by atoms with Crippen LogP contribution in [0.15, 0.2) is 72.8 Å². The van der Waals surface area contributed by atoms with Crippen molar-refractivity contribution in [2.45, 2.75) is 38.0 Å². The van der Waals surface area contributed by atoms with Gasteiger partial charge in [0, 0.05) is 22.5 Å². The molecule has 36 heavy (non-hydrogen) atoms. The van der Waals surface area contributed by atoms with Gasteiger partial charge in [0.05, 0.1) is 0 Å². The maximum Gasteiger partial charge on any atom is 0.453 e. The number of hydrogen-bond acceptors (Lipinski definition) is 3. The minimum atomic E-state index is -4.91. The fraction of sp³-hybridized carbons (Fsp3) is 0.321. The summed E-state index contributed by atoms with van der Waals surface area (Å²) in [5.74, 6) is -1.51. The Bertz CT molecular complexity index is 1070. The molecule has 3 aromatic carbocycles. The first-order valence-electron chi connectivity index (χ1n) is 11.6. The third kappa shape index (κ3) is 8.26. The number of carbonyl (C=O) groups is 1. The maximum atomic E-state index is 12.5. The van der Waals surface area contributed by atoms with Crippen LogP contribution in [0.2, 0.25) is 10.0 Å².